The van der Waals surface area contributed by atoms with Gasteiger partial charge in [0.1, 0.15) is 0 Å². The molecule has 2 unspecified atom stereocenters. The third kappa shape index (κ3) is 6.13. The molecule has 2 atom stereocenters. The number of benzene rings is 1. The molecule has 0 saturated carbocycles. The molecule has 1 saturated heterocycles. The van der Waals surface area contributed by atoms with Crippen molar-refractivity contribution in [2.75, 3.05) is 26.2 Å². The highest BCUT2D eigenvalue weighted by molar-refractivity contribution is 5.74. The second-order valence-electron chi connectivity index (χ2n) is 6.86. The molecule has 134 valence electrons. The number of hydrogen-bond acceptors (Lipinski definition) is 3. The molecule has 2 rings (SSSR count). The average Bonchev–Trinajstić information content (AvgIpc) is 2.60. The van der Waals surface area contributed by atoms with Crippen LogP contribution in [0.2, 0.25) is 0 Å². The Morgan fingerprint density at radius 3 is 2.58 bits per heavy atom. The van der Waals surface area contributed by atoms with Gasteiger partial charge in [-0.3, -0.25) is 0 Å². The van der Waals surface area contributed by atoms with Crippen LogP contribution in [0.1, 0.15) is 32.3 Å². The maximum absolute atomic E-state index is 12.2. The fourth-order valence-corrected chi connectivity index (χ4v) is 2.97. The number of carbonyl (C=O) groups excluding carboxylic acids is 1. The van der Waals surface area contributed by atoms with Crippen molar-refractivity contribution in [2.24, 2.45) is 11.8 Å². The number of urea groups is 1. The first kappa shape index (κ1) is 18.7. The lowest BCUT2D eigenvalue weighted by molar-refractivity contribution is 0.0775. The van der Waals surface area contributed by atoms with Crippen LogP contribution in [0.25, 0.3) is 0 Å². The molecule has 1 aliphatic rings. The summed E-state index contributed by atoms with van der Waals surface area (Å²) in [6.45, 7) is 7.19. The summed E-state index contributed by atoms with van der Waals surface area (Å²) in [6.07, 6.45) is 1.47. The van der Waals surface area contributed by atoms with Crippen molar-refractivity contribution < 1.29 is 14.6 Å². The molecule has 5 heteroatoms. The van der Waals surface area contributed by atoms with Crippen LogP contribution in [-0.4, -0.2) is 48.4 Å². The molecular formula is C19H30N2O3. The van der Waals surface area contributed by atoms with Crippen LogP contribution in [0.15, 0.2) is 30.3 Å². The third-order valence-electron chi connectivity index (χ3n) is 4.62. The summed E-state index contributed by atoms with van der Waals surface area (Å²) in [7, 11) is 0. The summed E-state index contributed by atoms with van der Waals surface area (Å²) in [5.41, 5.74) is 1.16. The molecule has 5 nitrogen and oxygen atoms in total. The highest BCUT2D eigenvalue weighted by Crippen LogP contribution is 2.20. The van der Waals surface area contributed by atoms with E-state index >= 15 is 0 Å². The predicted octanol–water partition coefficient (Wildman–Crippen LogP) is 2.64. The Hall–Kier alpha value is -1.59. The van der Waals surface area contributed by atoms with Crippen LogP contribution in [0.3, 0.4) is 0 Å². The maximum atomic E-state index is 12.2. The maximum Gasteiger partial charge on any atom is 0.317 e. The van der Waals surface area contributed by atoms with Crippen LogP contribution >= 0.6 is 0 Å². The number of carbonyl (C=O) groups is 1. The molecule has 1 heterocycles. The van der Waals surface area contributed by atoms with Crippen LogP contribution in [0, 0.1) is 11.8 Å². The van der Waals surface area contributed by atoms with Crippen molar-refractivity contribution in [3.8, 4) is 0 Å². The summed E-state index contributed by atoms with van der Waals surface area (Å²) >= 11 is 0. The van der Waals surface area contributed by atoms with Gasteiger partial charge in [-0.2, -0.15) is 0 Å². The van der Waals surface area contributed by atoms with Crippen molar-refractivity contribution in [1.82, 2.24) is 10.2 Å². The largest absolute Gasteiger partial charge is 0.393 e. The Morgan fingerprint density at radius 2 is 1.96 bits per heavy atom. The van der Waals surface area contributed by atoms with Gasteiger partial charge in [-0.15, -0.1) is 0 Å². The van der Waals surface area contributed by atoms with Gasteiger partial charge < -0.3 is 20.1 Å². The fraction of sp³-hybridized carbons (Fsp3) is 0.632. The standard InChI is InChI=1S/C19H30N2O3/c1-15(13-24-14-17-6-4-3-5-7-17)12-20-19(23)21-10-8-18(9-11-21)16(2)22/h3-7,15-16,18,22H,8-14H2,1-2H3,(H,20,23). The van der Waals surface area contributed by atoms with Crippen molar-refractivity contribution in [3.63, 3.8) is 0 Å². The molecule has 1 fully saturated rings. The molecule has 0 aliphatic carbocycles. The highest BCUT2D eigenvalue weighted by Gasteiger charge is 2.25. The number of aliphatic hydroxyl groups is 1. The Bertz CT molecular complexity index is 485. The summed E-state index contributed by atoms with van der Waals surface area (Å²) in [6, 6.07) is 10.1. The van der Waals surface area contributed by atoms with Gasteiger partial charge in [0.05, 0.1) is 19.3 Å². The van der Waals surface area contributed by atoms with Gasteiger partial charge in [-0.1, -0.05) is 37.3 Å². The van der Waals surface area contributed by atoms with Crippen LogP contribution < -0.4 is 5.32 Å². The van der Waals surface area contributed by atoms with E-state index in [0.29, 0.717) is 25.7 Å². The van der Waals surface area contributed by atoms with E-state index in [2.05, 4.69) is 12.2 Å². The number of amides is 2. The quantitative estimate of drug-likeness (QED) is 0.806. The predicted molar refractivity (Wildman–Crippen MR) is 94.6 cm³/mol. The second kappa shape index (κ2) is 9.64. The average molecular weight is 334 g/mol. The number of nitrogens with zero attached hydrogens (tertiary/aromatic N) is 1. The number of likely N-dealkylation sites (tertiary alicyclic amines) is 1. The molecule has 1 aromatic rings. The van der Waals surface area contributed by atoms with E-state index in [1.165, 1.54) is 0 Å². The fourth-order valence-electron chi connectivity index (χ4n) is 2.97. The molecule has 1 aromatic carbocycles. The summed E-state index contributed by atoms with van der Waals surface area (Å²) < 4.78 is 5.71. The molecule has 0 spiro atoms. The van der Waals surface area contributed by atoms with Crippen molar-refractivity contribution >= 4 is 6.03 Å². The Labute approximate surface area is 145 Å². The normalized spacial score (nSPS) is 18.2. The van der Waals surface area contributed by atoms with Gasteiger partial charge in [0.2, 0.25) is 0 Å². The smallest absolute Gasteiger partial charge is 0.317 e. The number of aliphatic hydroxyl groups excluding tert-OH is 1. The lowest BCUT2D eigenvalue weighted by atomic mass is 9.92. The minimum atomic E-state index is -0.281. The summed E-state index contributed by atoms with van der Waals surface area (Å²) in [5, 5.41) is 12.6. The molecule has 0 radical (unpaired) electrons. The minimum absolute atomic E-state index is 0.00560. The van der Waals surface area contributed by atoms with Gasteiger partial charge >= 0.3 is 6.03 Å². The first-order valence-electron chi connectivity index (χ1n) is 8.88. The van der Waals surface area contributed by atoms with Crippen LogP contribution in [0.4, 0.5) is 4.79 Å². The number of nitrogens with one attached hydrogen (secondary N) is 1. The molecule has 24 heavy (non-hydrogen) atoms. The van der Waals surface area contributed by atoms with E-state index in [4.69, 9.17) is 4.74 Å². The Kier molecular flexibility index (Phi) is 7.53. The van der Waals surface area contributed by atoms with E-state index in [0.717, 1.165) is 31.5 Å². The van der Waals surface area contributed by atoms with E-state index < -0.39 is 0 Å². The monoisotopic (exact) mass is 334 g/mol. The van der Waals surface area contributed by atoms with Gasteiger partial charge in [-0.25, -0.2) is 4.79 Å². The zero-order valence-corrected chi connectivity index (χ0v) is 14.8. The van der Waals surface area contributed by atoms with E-state index in [-0.39, 0.29) is 18.1 Å². The van der Waals surface area contributed by atoms with Gasteiger partial charge in [0.25, 0.3) is 0 Å². The molecular weight excluding hydrogens is 304 g/mol. The lowest BCUT2D eigenvalue weighted by Crippen LogP contribution is -2.46. The van der Waals surface area contributed by atoms with Gasteiger partial charge in [-0.05, 0) is 37.2 Å². The first-order chi connectivity index (χ1) is 11.6. The number of rotatable bonds is 7. The van der Waals surface area contributed by atoms with Crippen LogP contribution in [0.5, 0.6) is 0 Å². The molecule has 2 amide bonds. The molecule has 1 aliphatic heterocycles. The van der Waals surface area contributed by atoms with Gasteiger partial charge in [0.15, 0.2) is 0 Å². The topological polar surface area (TPSA) is 61.8 Å². The summed E-state index contributed by atoms with van der Waals surface area (Å²) in [4.78, 5) is 14.0. The number of ether oxygens (including phenoxy) is 1. The van der Waals surface area contributed by atoms with Gasteiger partial charge in [0, 0.05) is 19.6 Å². The SMILES string of the molecule is CC(CNC(=O)N1CCC(C(C)O)CC1)COCc1ccccc1. The molecule has 2 N–H and O–H groups in total. The summed E-state index contributed by atoms with van der Waals surface area (Å²) in [5.74, 6) is 0.590. The van der Waals surface area contributed by atoms with E-state index in [9.17, 15) is 9.90 Å². The molecule has 0 aromatic heterocycles. The lowest BCUT2D eigenvalue weighted by Gasteiger charge is -2.33. The van der Waals surface area contributed by atoms with E-state index in [1.54, 1.807) is 0 Å². The highest BCUT2D eigenvalue weighted by atomic mass is 16.5. The number of hydrogen-bond donors (Lipinski definition) is 2. The van der Waals surface area contributed by atoms with Crippen molar-refractivity contribution in [3.05, 3.63) is 35.9 Å². The number of piperidine rings is 1. The molecule has 0 bridgehead atoms. The first-order valence-corrected chi connectivity index (χ1v) is 8.88. The zero-order valence-electron chi connectivity index (χ0n) is 14.8. The van der Waals surface area contributed by atoms with Crippen LogP contribution in [-0.2, 0) is 11.3 Å². The van der Waals surface area contributed by atoms with Crippen molar-refractivity contribution in [2.45, 2.75) is 39.4 Å². The third-order valence-corrected chi connectivity index (χ3v) is 4.62. The Morgan fingerprint density at radius 1 is 1.29 bits per heavy atom. The Balaban J connectivity index is 1.59. The minimum Gasteiger partial charge on any atom is -0.393 e. The zero-order chi connectivity index (χ0) is 17.4. The van der Waals surface area contributed by atoms with Crippen molar-refractivity contribution in [1.29, 1.82) is 0 Å². The van der Waals surface area contributed by atoms with E-state index in [1.807, 2.05) is 42.2 Å². The second-order valence-corrected chi connectivity index (χ2v) is 6.86.